The van der Waals surface area contributed by atoms with E-state index in [1.54, 1.807) is 0 Å². The number of amides is 2. The quantitative estimate of drug-likeness (QED) is 0.915. The van der Waals surface area contributed by atoms with Crippen molar-refractivity contribution in [2.24, 2.45) is 0 Å². The lowest BCUT2D eigenvalue weighted by Crippen LogP contribution is -2.43. The zero-order chi connectivity index (χ0) is 15.5. The standard InChI is InChI=1S/C16H21N5O/c1-11(2)15-20-19-14-9-8-13(10-21(14)15)18-16(22)17-12-6-4-3-5-7-12/h3-7,11,13H,8-10H2,1-2H3,(H2,17,18,22)/t13-/m0/s1. The first-order valence-corrected chi connectivity index (χ1v) is 7.68. The summed E-state index contributed by atoms with van der Waals surface area (Å²) < 4.78 is 2.14. The smallest absolute Gasteiger partial charge is 0.319 e. The average molecular weight is 299 g/mol. The van der Waals surface area contributed by atoms with Crippen molar-refractivity contribution in [3.8, 4) is 0 Å². The van der Waals surface area contributed by atoms with Gasteiger partial charge in [0, 0.05) is 30.6 Å². The highest BCUT2D eigenvalue weighted by Crippen LogP contribution is 2.20. The Hall–Kier alpha value is -2.37. The molecule has 0 unspecified atom stereocenters. The lowest BCUT2D eigenvalue weighted by molar-refractivity contribution is 0.244. The fourth-order valence-electron chi connectivity index (χ4n) is 2.77. The zero-order valence-corrected chi connectivity index (χ0v) is 12.9. The molecule has 1 aromatic heterocycles. The summed E-state index contributed by atoms with van der Waals surface area (Å²) in [5.41, 5.74) is 0.795. The van der Waals surface area contributed by atoms with Crippen molar-refractivity contribution >= 4 is 11.7 Å². The van der Waals surface area contributed by atoms with Crippen molar-refractivity contribution in [1.82, 2.24) is 20.1 Å². The molecule has 2 N–H and O–H groups in total. The fourth-order valence-corrected chi connectivity index (χ4v) is 2.77. The number of urea groups is 1. The molecule has 6 nitrogen and oxygen atoms in total. The number of anilines is 1. The maximum Gasteiger partial charge on any atom is 0.319 e. The number of hydrogen-bond donors (Lipinski definition) is 2. The molecule has 0 saturated carbocycles. The molecule has 3 rings (SSSR count). The Bertz CT molecular complexity index is 650. The van der Waals surface area contributed by atoms with Crippen molar-refractivity contribution < 1.29 is 4.79 Å². The molecule has 0 bridgehead atoms. The van der Waals surface area contributed by atoms with Gasteiger partial charge >= 0.3 is 6.03 Å². The summed E-state index contributed by atoms with van der Waals surface area (Å²) in [6.07, 6.45) is 1.73. The van der Waals surface area contributed by atoms with Gasteiger partial charge in [-0.05, 0) is 18.6 Å². The van der Waals surface area contributed by atoms with Crippen LogP contribution >= 0.6 is 0 Å². The van der Waals surface area contributed by atoms with Crippen LogP contribution in [0, 0.1) is 0 Å². The molecule has 1 aliphatic rings. The van der Waals surface area contributed by atoms with E-state index in [0.717, 1.165) is 36.7 Å². The number of hydrogen-bond acceptors (Lipinski definition) is 3. The lowest BCUT2D eigenvalue weighted by Gasteiger charge is -2.26. The molecule has 0 radical (unpaired) electrons. The Morgan fingerprint density at radius 2 is 2.05 bits per heavy atom. The lowest BCUT2D eigenvalue weighted by atomic mass is 10.1. The third-order valence-electron chi connectivity index (χ3n) is 3.86. The molecule has 2 amide bonds. The second-order valence-electron chi connectivity index (χ2n) is 5.94. The number of fused-ring (bicyclic) bond motifs is 1. The van der Waals surface area contributed by atoms with E-state index in [1.807, 2.05) is 30.3 Å². The number of carbonyl (C=O) groups excluding carboxylic acids is 1. The number of nitrogens with one attached hydrogen (secondary N) is 2. The Balaban J connectivity index is 1.62. The van der Waals surface area contributed by atoms with Gasteiger partial charge in [-0.2, -0.15) is 0 Å². The number of nitrogens with zero attached hydrogens (tertiary/aromatic N) is 3. The van der Waals surface area contributed by atoms with Crippen LogP contribution in [-0.4, -0.2) is 26.8 Å². The van der Waals surface area contributed by atoms with Crippen LogP contribution in [0.1, 0.15) is 37.8 Å². The second kappa shape index (κ2) is 6.17. The number of rotatable bonds is 3. The average Bonchev–Trinajstić information content (AvgIpc) is 2.91. The molecule has 6 heteroatoms. The molecule has 0 aliphatic carbocycles. The van der Waals surface area contributed by atoms with Gasteiger partial charge in [-0.25, -0.2) is 4.79 Å². The molecular weight excluding hydrogens is 278 g/mol. The topological polar surface area (TPSA) is 71.8 Å². The van der Waals surface area contributed by atoms with E-state index < -0.39 is 0 Å². The molecule has 2 heterocycles. The van der Waals surface area contributed by atoms with Gasteiger partial charge in [0.25, 0.3) is 0 Å². The number of aryl methyl sites for hydroxylation is 1. The number of carbonyl (C=O) groups is 1. The monoisotopic (exact) mass is 299 g/mol. The van der Waals surface area contributed by atoms with Crippen LogP contribution in [0.2, 0.25) is 0 Å². The van der Waals surface area contributed by atoms with Crippen LogP contribution in [-0.2, 0) is 13.0 Å². The minimum absolute atomic E-state index is 0.102. The first kappa shape index (κ1) is 14.6. The summed E-state index contributed by atoms with van der Waals surface area (Å²) in [7, 11) is 0. The molecule has 1 aliphatic heterocycles. The minimum Gasteiger partial charge on any atom is -0.333 e. The Labute approximate surface area is 129 Å². The van der Waals surface area contributed by atoms with Crippen LogP contribution in [0.5, 0.6) is 0 Å². The molecule has 2 aromatic rings. The van der Waals surface area contributed by atoms with E-state index in [9.17, 15) is 4.79 Å². The van der Waals surface area contributed by atoms with E-state index in [1.165, 1.54) is 0 Å². The first-order valence-electron chi connectivity index (χ1n) is 7.68. The van der Waals surface area contributed by atoms with Gasteiger partial charge in [0.2, 0.25) is 0 Å². The normalized spacial score (nSPS) is 17.1. The third kappa shape index (κ3) is 3.10. The highest BCUT2D eigenvalue weighted by atomic mass is 16.2. The maximum absolute atomic E-state index is 12.1. The van der Waals surface area contributed by atoms with Crippen molar-refractivity contribution in [2.75, 3.05) is 5.32 Å². The van der Waals surface area contributed by atoms with Gasteiger partial charge in [-0.1, -0.05) is 32.0 Å². The van der Waals surface area contributed by atoms with Crippen LogP contribution in [0.15, 0.2) is 30.3 Å². The van der Waals surface area contributed by atoms with E-state index in [4.69, 9.17) is 0 Å². The summed E-state index contributed by atoms with van der Waals surface area (Å²) in [6.45, 7) is 4.95. The van der Waals surface area contributed by atoms with E-state index >= 15 is 0 Å². The van der Waals surface area contributed by atoms with E-state index in [0.29, 0.717) is 5.92 Å². The maximum atomic E-state index is 12.1. The predicted octanol–water partition coefficient (Wildman–Crippen LogP) is 2.54. The number of benzene rings is 1. The summed E-state index contributed by atoms with van der Waals surface area (Å²) in [6, 6.07) is 9.39. The SMILES string of the molecule is CC(C)c1nnc2n1C[C@@H](NC(=O)Nc1ccccc1)CC2. The predicted molar refractivity (Wildman–Crippen MR) is 84.8 cm³/mol. The van der Waals surface area contributed by atoms with Crippen LogP contribution < -0.4 is 10.6 Å². The number of para-hydroxylation sites is 1. The van der Waals surface area contributed by atoms with Gasteiger partial charge in [0.15, 0.2) is 0 Å². The molecule has 116 valence electrons. The van der Waals surface area contributed by atoms with Crippen molar-refractivity contribution in [3.63, 3.8) is 0 Å². The minimum atomic E-state index is -0.168. The first-order chi connectivity index (χ1) is 10.6. The Morgan fingerprint density at radius 3 is 2.77 bits per heavy atom. The van der Waals surface area contributed by atoms with Crippen molar-refractivity contribution in [2.45, 2.75) is 45.2 Å². The molecule has 0 saturated heterocycles. The summed E-state index contributed by atoms with van der Waals surface area (Å²) >= 11 is 0. The molecule has 22 heavy (non-hydrogen) atoms. The highest BCUT2D eigenvalue weighted by molar-refractivity contribution is 5.89. The molecule has 0 fully saturated rings. The Kier molecular flexibility index (Phi) is 4.09. The van der Waals surface area contributed by atoms with Crippen LogP contribution in [0.3, 0.4) is 0 Å². The highest BCUT2D eigenvalue weighted by Gasteiger charge is 2.24. The van der Waals surface area contributed by atoms with Crippen molar-refractivity contribution in [1.29, 1.82) is 0 Å². The van der Waals surface area contributed by atoms with Gasteiger partial charge in [0.05, 0.1) is 0 Å². The zero-order valence-electron chi connectivity index (χ0n) is 12.9. The van der Waals surface area contributed by atoms with E-state index in [2.05, 4.69) is 39.2 Å². The molecule has 1 atom stereocenters. The largest absolute Gasteiger partial charge is 0.333 e. The van der Waals surface area contributed by atoms with Gasteiger partial charge < -0.3 is 15.2 Å². The van der Waals surface area contributed by atoms with E-state index in [-0.39, 0.29) is 12.1 Å². The summed E-state index contributed by atoms with van der Waals surface area (Å²) in [5, 5.41) is 14.4. The Morgan fingerprint density at radius 1 is 1.27 bits per heavy atom. The summed E-state index contributed by atoms with van der Waals surface area (Å²) in [4.78, 5) is 12.1. The molecule has 0 spiro atoms. The summed E-state index contributed by atoms with van der Waals surface area (Å²) in [5.74, 6) is 2.34. The number of aromatic nitrogens is 3. The van der Waals surface area contributed by atoms with Crippen LogP contribution in [0.4, 0.5) is 10.5 Å². The molecular formula is C16H21N5O. The van der Waals surface area contributed by atoms with Gasteiger partial charge in [-0.3, -0.25) is 0 Å². The van der Waals surface area contributed by atoms with Gasteiger partial charge in [0.1, 0.15) is 11.6 Å². The van der Waals surface area contributed by atoms with Crippen molar-refractivity contribution in [3.05, 3.63) is 42.0 Å². The van der Waals surface area contributed by atoms with Crippen LogP contribution in [0.25, 0.3) is 0 Å². The third-order valence-corrected chi connectivity index (χ3v) is 3.86. The fraction of sp³-hybridized carbons (Fsp3) is 0.438. The molecule has 1 aromatic carbocycles. The second-order valence-corrected chi connectivity index (χ2v) is 5.94. The van der Waals surface area contributed by atoms with Gasteiger partial charge in [-0.15, -0.1) is 10.2 Å².